The summed E-state index contributed by atoms with van der Waals surface area (Å²) in [6.45, 7) is 2.74. The molecule has 0 saturated carbocycles. The summed E-state index contributed by atoms with van der Waals surface area (Å²) in [6, 6.07) is 9.08. The molecule has 6 heteroatoms. The van der Waals surface area contributed by atoms with Gasteiger partial charge in [-0.1, -0.05) is 18.2 Å². The minimum absolute atomic E-state index is 0.0162. The van der Waals surface area contributed by atoms with Crippen molar-refractivity contribution in [1.29, 1.82) is 0 Å². The Kier molecular flexibility index (Phi) is 6.67. The smallest absolute Gasteiger partial charge is 0.242 e. The Balaban J connectivity index is 2.69. The maximum atomic E-state index is 12.1. The van der Waals surface area contributed by atoms with Crippen LogP contribution in [0.3, 0.4) is 0 Å². The number of benzene rings is 1. The predicted octanol–water partition coefficient (Wildman–Crippen LogP) is 1.19. The lowest BCUT2D eigenvalue weighted by molar-refractivity contribution is -0.116. The highest BCUT2D eigenvalue weighted by Crippen LogP contribution is 2.14. The number of nitrogens with two attached hydrogens (primary N) is 1. The molecular weight excluding hydrogens is 276 g/mol. The molecule has 1 aromatic carbocycles. The summed E-state index contributed by atoms with van der Waals surface area (Å²) < 4.78 is 23.8. The molecule has 1 amide bonds. The lowest BCUT2D eigenvalue weighted by atomic mass is 10.3. The largest absolute Gasteiger partial charge is 0.330 e. The summed E-state index contributed by atoms with van der Waals surface area (Å²) in [5.41, 5.74) is 6.05. The Morgan fingerprint density at radius 3 is 2.40 bits per heavy atom. The van der Waals surface area contributed by atoms with Crippen LogP contribution in [0.5, 0.6) is 0 Å². The van der Waals surface area contributed by atoms with E-state index in [2.05, 4.69) is 0 Å². The molecule has 0 atom stereocenters. The molecule has 2 N–H and O–H groups in total. The lowest BCUT2D eigenvalue weighted by Gasteiger charge is -2.20. The molecule has 0 spiro atoms. The third-order valence-corrected chi connectivity index (χ3v) is 4.54. The van der Waals surface area contributed by atoms with Crippen molar-refractivity contribution in [1.82, 2.24) is 0 Å². The van der Waals surface area contributed by atoms with Gasteiger partial charge in [0.1, 0.15) is 5.75 Å². The van der Waals surface area contributed by atoms with Gasteiger partial charge in [0.2, 0.25) is 5.91 Å². The molecule has 0 aliphatic carbocycles. The molecule has 20 heavy (non-hydrogen) atoms. The molecule has 5 nitrogen and oxygen atoms in total. The number of para-hydroxylation sites is 1. The van der Waals surface area contributed by atoms with Gasteiger partial charge in [-0.05, 0) is 38.4 Å². The van der Waals surface area contributed by atoms with Crippen molar-refractivity contribution < 1.29 is 13.2 Å². The highest BCUT2D eigenvalue weighted by atomic mass is 32.2. The minimum atomic E-state index is -3.36. The molecule has 0 aliphatic rings. The van der Waals surface area contributed by atoms with Gasteiger partial charge in [-0.25, -0.2) is 8.42 Å². The number of unbranched alkanes of at least 4 members (excludes halogenated alkanes) is 1. The van der Waals surface area contributed by atoms with Crippen molar-refractivity contribution in [2.24, 2.45) is 5.73 Å². The SMILES string of the molecule is CCN(C(=O)CS(=O)(=O)CCCCN)c1ccccc1. The van der Waals surface area contributed by atoms with Gasteiger partial charge in [-0.3, -0.25) is 4.79 Å². The molecule has 0 saturated heterocycles. The Labute approximate surface area is 120 Å². The number of carbonyl (C=O) groups is 1. The molecule has 112 valence electrons. The zero-order valence-electron chi connectivity index (χ0n) is 11.8. The molecule has 1 rings (SSSR count). The molecular formula is C14H22N2O3S. The molecule has 0 bridgehead atoms. The Morgan fingerprint density at radius 1 is 1.20 bits per heavy atom. The van der Waals surface area contributed by atoms with Crippen LogP contribution in [0.15, 0.2) is 30.3 Å². The number of hydrogen-bond acceptors (Lipinski definition) is 4. The number of sulfone groups is 1. The second-order valence-electron chi connectivity index (χ2n) is 4.56. The van der Waals surface area contributed by atoms with Crippen LogP contribution in [-0.4, -0.2) is 38.9 Å². The quantitative estimate of drug-likeness (QED) is 0.731. The zero-order valence-corrected chi connectivity index (χ0v) is 12.6. The molecule has 1 aromatic rings. The van der Waals surface area contributed by atoms with Crippen molar-refractivity contribution in [2.45, 2.75) is 19.8 Å². The highest BCUT2D eigenvalue weighted by Gasteiger charge is 2.21. The fourth-order valence-electron chi connectivity index (χ4n) is 1.92. The second kappa shape index (κ2) is 8.01. The summed E-state index contributed by atoms with van der Waals surface area (Å²) in [6.07, 6.45) is 1.16. The normalized spacial score (nSPS) is 11.3. The highest BCUT2D eigenvalue weighted by molar-refractivity contribution is 7.92. The van der Waals surface area contributed by atoms with Crippen molar-refractivity contribution in [3.05, 3.63) is 30.3 Å². The van der Waals surface area contributed by atoms with E-state index in [1.165, 1.54) is 4.90 Å². The van der Waals surface area contributed by atoms with Crippen LogP contribution in [0.4, 0.5) is 5.69 Å². The second-order valence-corrected chi connectivity index (χ2v) is 6.75. The standard InChI is InChI=1S/C14H22N2O3S/c1-2-16(13-8-4-3-5-9-13)14(17)12-20(18,19)11-7-6-10-15/h3-5,8-9H,2,6-7,10-12,15H2,1H3. The number of nitrogens with zero attached hydrogens (tertiary/aromatic N) is 1. The van der Waals surface area contributed by atoms with Gasteiger partial charge in [0.05, 0.1) is 5.75 Å². The fraction of sp³-hybridized carbons (Fsp3) is 0.500. The first-order valence-corrected chi connectivity index (χ1v) is 8.58. The Morgan fingerprint density at radius 2 is 1.85 bits per heavy atom. The van der Waals surface area contributed by atoms with Gasteiger partial charge in [-0.15, -0.1) is 0 Å². The van der Waals surface area contributed by atoms with E-state index in [0.29, 0.717) is 25.9 Å². The van der Waals surface area contributed by atoms with Crippen LogP contribution >= 0.6 is 0 Å². The van der Waals surface area contributed by atoms with Crippen molar-refractivity contribution in [3.8, 4) is 0 Å². The van der Waals surface area contributed by atoms with Gasteiger partial charge in [-0.2, -0.15) is 0 Å². The molecule has 0 aromatic heterocycles. The number of hydrogen-bond donors (Lipinski definition) is 1. The molecule has 0 aliphatic heterocycles. The first kappa shape index (κ1) is 16.7. The van der Waals surface area contributed by atoms with Gasteiger partial charge in [0.25, 0.3) is 0 Å². The first-order chi connectivity index (χ1) is 9.50. The number of rotatable bonds is 8. The van der Waals surface area contributed by atoms with Crippen LogP contribution in [0, 0.1) is 0 Å². The van der Waals surface area contributed by atoms with Crippen LogP contribution in [0.2, 0.25) is 0 Å². The predicted molar refractivity (Wildman–Crippen MR) is 81.4 cm³/mol. The lowest BCUT2D eigenvalue weighted by Crippen LogP contribution is -2.36. The van der Waals surface area contributed by atoms with Crippen LogP contribution < -0.4 is 10.6 Å². The van der Waals surface area contributed by atoms with E-state index < -0.39 is 15.6 Å². The van der Waals surface area contributed by atoms with Gasteiger partial charge >= 0.3 is 0 Å². The molecule has 0 heterocycles. The van der Waals surface area contributed by atoms with Crippen LogP contribution in [-0.2, 0) is 14.6 Å². The summed E-state index contributed by atoms with van der Waals surface area (Å²) >= 11 is 0. The van der Waals surface area contributed by atoms with Crippen LogP contribution in [0.25, 0.3) is 0 Å². The molecule has 0 radical (unpaired) electrons. The van der Waals surface area contributed by atoms with E-state index >= 15 is 0 Å². The van der Waals surface area contributed by atoms with Crippen molar-refractivity contribution in [3.63, 3.8) is 0 Å². The van der Waals surface area contributed by atoms with E-state index in [9.17, 15) is 13.2 Å². The van der Waals surface area contributed by atoms with E-state index in [1.54, 1.807) is 12.1 Å². The number of carbonyl (C=O) groups excluding carboxylic acids is 1. The average Bonchev–Trinajstić information content (AvgIpc) is 2.40. The third-order valence-electron chi connectivity index (χ3n) is 2.94. The summed E-state index contributed by atoms with van der Waals surface area (Å²) in [7, 11) is -3.36. The van der Waals surface area contributed by atoms with Crippen molar-refractivity contribution >= 4 is 21.4 Å². The zero-order chi connectivity index (χ0) is 15.0. The van der Waals surface area contributed by atoms with Gasteiger partial charge < -0.3 is 10.6 Å². The van der Waals surface area contributed by atoms with E-state index in [-0.39, 0.29) is 11.7 Å². The maximum Gasteiger partial charge on any atom is 0.242 e. The molecule has 0 unspecified atom stereocenters. The topological polar surface area (TPSA) is 80.5 Å². The third kappa shape index (κ3) is 5.30. The average molecular weight is 298 g/mol. The summed E-state index contributed by atoms with van der Waals surface area (Å²) in [5.74, 6) is -0.811. The monoisotopic (exact) mass is 298 g/mol. The summed E-state index contributed by atoms with van der Waals surface area (Å²) in [5, 5.41) is 0. The first-order valence-electron chi connectivity index (χ1n) is 6.76. The van der Waals surface area contributed by atoms with E-state index in [4.69, 9.17) is 5.73 Å². The maximum absolute atomic E-state index is 12.1. The van der Waals surface area contributed by atoms with E-state index in [0.717, 1.165) is 5.69 Å². The van der Waals surface area contributed by atoms with Gasteiger partial charge in [0, 0.05) is 12.2 Å². The molecule has 0 fully saturated rings. The minimum Gasteiger partial charge on any atom is -0.330 e. The van der Waals surface area contributed by atoms with Crippen molar-refractivity contribution in [2.75, 3.05) is 29.5 Å². The summed E-state index contributed by atoms with van der Waals surface area (Å²) in [4.78, 5) is 13.6. The Bertz CT molecular complexity index is 514. The van der Waals surface area contributed by atoms with Crippen LogP contribution in [0.1, 0.15) is 19.8 Å². The van der Waals surface area contributed by atoms with Gasteiger partial charge in [0.15, 0.2) is 9.84 Å². The van der Waals surface area contributed by atoms with E-state index in [1.807, 2.05) is 25.1 Å². The fourth-order valence-corrected chi connectivity index (χ4v) is 3.24. The Hall–Kier alpha value is -1.40. The number of amides is 1. The number of anilines is 1.